The van der Waals surface area contributed by atoms with Crippen LogP contribution in [0.3, 0.4) is 0 Å². The van der Waals surface area contributed by atoms with Gasteiger partial charge in [-0.1, -0.05) is 37.3 Å². The summed E-state index contributed by atoms with van der Waals surface area (Å²) in [6, 6.07) is 10.7. The lowest BCUT2D eigenvalue weighted by atomic mass is 10.0. The number of aromatic nitrogens is 2. The van der Waals surface area contributed by atoms with Crippen molar-refractivity contribution in [3.63, 3.8) is 0 Å². The van der Waals surface area contributed by atoms with E-state index in [-0.39, 0.29) is 0 Å². The Labute approximate surface area is 126 Å². The molecule has 1 fully saturated rings. The highest BCUT2D eigenvalue weighted by Crippen LogP contribution is 2.30. The number of piperidine rings is 1. The van der Waals surface area contributed by atoms with Crippen LogP contribution < -0.4 is 10.6 Å². The van der Waals surface area contributed by atoms with Gasteiger partial charge >= 0.3 is 0 Å². The van der Waals surface area contributed by atoms with Crippen molar-refractivity contribution in [1.29, 1.82) is 0 Å². The van der Waals surface area contributed by atoms with E-state index in [1.807, 2.05) is 12.3 Å². The van der Waals surface area contributed by atoms with Gasteiger partial charge in [0, 0.05) is 31.1 Å². The molecule has 110 valence electrons. The number of anilines is 1. The standard InChI is InChI=1S/C17H22N4/c1-2-16-19-12-15(21-10-8-14(18)9-11-21)17(20-16)13-6-4-3-5-7-13/h3-7,12,14H,2,8-11,18H2,1H3. The van der Waals surface area contributed by atoms with Crippen LogP contribution in [0.25, 0.3) is 11.3 Å². The second-order valence-electron chi connectivity index (χ2n) is 5.56. The lowest BCUT2D eigenvalue weighted by molar-refractivity contribution is 0.501. The number of hydrogen-bond acceptors (Lipinski definition) is 4. The molecule has 1 aromatic heterocycles. The monoisotopic (exact) mass is 282 g/mol. The van der Waals surface area contributed by atoms with Crippen molar-refractivity contribution < 1.29 is 0 Å². The molecule has 3 rings (SSSR count). The molecular weight excluding hydrogens is 260 g/mol. The Morgan fingerprint density at radius 3 is 2.57 bits per heavy atom. The minimum Gasteiger partial charge on any atom is -0.368 e. The third-order valence-corrected chi connectivity index (χ3v) is 4.06. The van der Waals surface area contributed by atoms with Gasteiger partial charge < -0.3 is 10.6 Å². The summed E-state index contributed by atoms with van der Waals surface area (Å²) in [5.41, 5.74) is 9.33. The molecule has 0 radical (unpaired) electrons. The number of nitrogens with zero attached hydrogens (tertiary/aromatic N) is 3. The van der Waals surface area contributed by atoms with Gasteiger partial charge in [-0.15, -0.1) is 0 Å². The third kappa shape index (κ3) is 3.05. The summed E-state index contributed by atoms with van der Waals surface area (Å²) < 4.78 is 0. The molecule has 2 aromatic rings. The quantitative estimate of drug-likeness (QED) is 0.940. The fourth-order valence-electron chi connectivity index (χ4n) is 2.76. The number of nitrogens with two attached hydrogens (primary N) is 1. The molecule has 0 aliphatic carbocycles. The average Bonchev–Trinajstić information content (AvgIpc) is 2.56. The molecule has 0 saturated carbocycles. The van der Waals surface area contributed by atoms with Crippen molar-refractivity contribution >= 4 is 5.69 Å². The third-order valence-electron chi connectivity index (χ3n) is 4.06. The second-order valence-corrected chi connectivity index (χ2v) is 5.56. The topological polar surface area (TPSA) is 55.0 Å². The molecule has 0 unspecified atom stereocenters. The molecule has 0 spiro atoms. The molecule has 1 aliphatic heterocycles. The molecule has 1 aromatic carbocycles. The van der Waals surface area contributed by atoms with E-state index in [4.69, 9.17) is 10.7 Å². The van der Waals surface area contributed by atoms with Gasteiger partial charge in [0.15, 0.2) is 0 Å². The largest absolute Gasteiger partial charge is 0.368 e. The predicted molar refractivity (Wildman–Crippen MR) is 86.3 cm³/mol. The van der Waals surface area contributed by atoms with Crippen LogP contribution >= 0.6 is 0 Å². The number of hydrogen-bond donors (Lipinski definition) is 1. The van der Waals surface area contributed by atoms with Crippen LogP contribution in [0.4, 0.5) is 5.69 Å². The summed E-state index contributed by atoms with van der Waals surface area (Å²) in [6.07, 6.45) is 4.89. The Balaban J connectivity index is 1.99. The minimum absolute atomic E-state index is 0.331. The molecule has 2 heterocycles. The number of aryl methyl sites for hydroxylation is 1. The SMILES string of the molecule is CCc1ncc(N2CCC(N)CC2)c(-c2ccccc2)n1. The van der Waals surface area contributed by atoms with Crippen LogP contribution in [0.15, 0.2) is 36.5 Å². The molecule has 2 N–H and O–H groups in total. The number of benzene rings is 1. The van der Waals surface area contributed by atoms with Gasteiger partial charge in [-0.2, -0.15) is 0 Å². The van der Waals surface area contributed by atoms with Gasteiger partial charge in [-0.3, -0.25) is 0 Å². The summed E-state index contributed by atoms with van der Waals surface area (Å²) in [4.78, 5) is 11.6. The zero-order valence-electron chi connectivity index (χ0n) is 12.5. The van der Waals surface area contributed by atoms with Crippen LogP contribution in [-0.4, -0.2) is 29.1 Å². The van der Waals surface area contributed by atoms with Gasteiger partial charge in [-0.25, -0.2) is 9.97 Å². The van der Waals surface area contributed by atoms with Gasteiger partial charge in [0.2, 0.25) is 0 Å². The first-order valence-corrected chi connectivity index (χ1v) is 7.69. The van der Waals surface area contributed by atoms with E-state index in [1.54, 1.807) is 0 Å². The van der Waals surface area contributed by atoms with Crippen LogP contribution in [0.1, 0.15) is 25.6 Å². The van der Waals surface area contributed by atoms with Crippen molar-refractivity contribution in [2.45, 2.75) is 32.2 Å². The lowest BCUT2D eigenvalue weighted by Gasteiger charge is -2.32. The second kappa shape index (κ2) is 6.22. The van der Waals surface area contributed by atoms with Crippen molar-refractivity contribution in [1.82, 2.24) is 9.97 Å². The summed E-state index contributed by atoms with van der Waals surface area (Å²) in [5, 5.41) is 0. The van der Waals surface area contributed by atoms with E-state index < -0.39 is 0 Å². The maximum absolute atomic E-state index is 6.01. The summed E-state index contributed by atoms with van der Waals surface area (Å²) >= 11 is 0. The average molecular weight is 282 g/mol. The highest BCUT2D eigenvalue weighted by atomic mass is 15.2. The molecule has 0 amide bonds. The molecule has 4 heteroatoms. The van der Waals surface area contributed by atoms with E-state index in [0.717, 1.165) is 55.1 Å². The predicted octanol–water partition coefficient (Wildman–Crippen LogP) is 2.63. The Kier molecular flexibility index (Phi) is 4.15. The zero-order valence-corrected chi connectivity index (χ0v) is 12.5. The Morgan fingerprint density at radius 2 is 1.90 bits per heavy atom. The normalized spacial score (nSPS) is 16.2. The van der Waals surface area contributed by atoms with E-state index in [0.29, 0.717) is 6.04 Å². The molecule has 0 bridgehead atoms. The Morgan fingerprint density at radius 1 is 1.19 bits per heavy atom. The van der Waals surface area contributed by atoms with E-state index in [9.17, 15) is 0 Å². The van der Waals surface area contributed by atoms with Crippen LogP contribution in [0, 0.1) is 0 Å². The van der Waals surface area contributed by atoms with Crippen LogP contribution in [-0.2, 0) is 6.42 Å². The van der Waals surface area contributed by atoms with Crippen molar-refractivity contribution in [2.24, 2.45) is 5.73 Å². The van der Waals surface area contributed by atoms with Gasteiger partial charge in [-0.05, 0) is 12.8 Å². The van der Waals surface area contributed by atoms with Crippen molar-refractivity contribution in [2.75, 3.05) is 18.0 Å². The molecular formula is C17H22N4. The first-order chi connectivity index (χ1) is 10.3. The van der Waals surface area contributed by atoms with Crippen molar-refractivity contribution in [3.8, 4) is 11.3 Å². The highest BCUT2D eigenvalue weighted by Gasteiger charge is 2.20. The van der Waals surface area contributed by atoms with Crippen molar-refractivity contribution in [3.05, 3.63) is 42.4 Å². The maximum atomic E-state index is 6.01. The summed E-state index contributed by atoms with van der Waals surface area (Å²) in [6.45, 7) is 4.05. The van der Waals surface area contributed by atoms with Gasteiger partial charge in [0.05, 0.1) is 17.6 Å². The zero-order chi connectivity index (χ0) is 14.7. The minimum atomic E-state index is 0.331. The molecule has 0 atom stereocenters. The van der Waals surface area contributed by atoms with Crippen LogP contribution in [0.2, 0.25) is 0 Å². The lowest BCUT2D eigenvalue weighted by Crippen LogP contribution is -2.40. The maximum Gasteiger partial charge on any atom is 0.128 e. The fourth-order valence-corrected chi connectivity index (χ4v) is 2.76. The fraction of sp³-hybridized carbons (Fsp3) is 0.412. The van der Waals surface area contributed by atoms with Crippen LogP contribution in [0.5, 0.6) is 0 Å². The van der Waals surface area contributed by atoms with Gasteiger partial charge in [0.25, 0.3) is 0 Å². The summed E-state index contributed by atoms with van der Waals surface area (Å²) in [5.74, 6) is 0.895. The Hall–Kier alpha value is -1.94. The number of rotatable bonds is 3. The summed E-state index contributed by atoms with van der Waals surface area (Å²) in [7, 11) is 0. The molecule has 1 aliphatic rings. The first kappa shape index (κ1) is 14.0. The Bertz CT molecular complexity index is 589. The highest BCUT2D eigenvalue weighted by molar-refractivity contribution is 5.74. The first-order valence-electron chi connectivity index (χ1n) is 7.69. The molecule has 1 saturated heterocycles. The smallest absolute Gasteiger partial charge is 0.128 e. The molecule has 21 heavy (non-hydrogen) atoms. The molecule has 4 nitrogen and oxygen atoms in total. The van der Waals surface area contributed by atoms with E-state index >= 15 is 0 Å². The van der Waals surface area contributed by atoms with E-state index in [2.05, 4.69) is 41.1 Å². The van der Waals surface area contributed by atoms with E-state index in [1.165, 1.54) is 0 Å². The van der Waals surface area contributed by atoms with Gasteiger partial charge in [0.1, 0.15) is 5.82 Å².